The molecule has 19 heavy (non-hydrogen) atoms. The lowest BCUT2D eigenvalue weighted by atomic mass is 10.3. The molecule has 1 rings (SSSR count). The summed E-state index contributed by atoms with van der Waals surface area (Å²) in [7, 11) is -2.13. The van der Waals surface area contributed by atoms with Gasteiger partial charge in [-0.15, -0.1) is 0 Å². The molecule has 0 aliphatic rings. The molecule has 7 heteroatoms. The van der Waals surface area contributed by atoms with Crippen LogP contribution in [0.1, 0.15) is 13.3 Å². The summed E-state index contributed by atoms with van der Waals surface area (Å²) < 4.78 is 36.1. The van der Waals surface area contributed by atoms with Gasteiger partial charge in [-0.2, -0.15) is 0 Å². The lowest BCUT2D eigenvalue weighted by molar-refractivity contribution is 0.101. The van der Waals surface area contributed by atoms with Gasteiger partial charge >= 0.3 is 0 Å². The van der Waals surface area contributed by atoms with Crippen LogP contribution >= 0.6 is 0 Å². The number of hydrogen-bond acceptors (Lipinski definition) is 5. The van der Waals surface area contributed by atoms with Crippen molar-refractivity contribution in [3.05, 3.63) is 18.2 Å². The highest BCUT2D eigenvalue weighted by Crippen LogP contribution is 2.24. The second kappa shape index (κ2) is 7.32. The lowest BCUT2D eigenvalue weighted by Crippen LogP contribution is -2.18. The Morgan fingerprint density at radius 1 is 1.26 bits per heavy atom. The van der Waals surface area contributed by atoms with Crippen LogP contribution in [0.2, 0.25) is 0 Å². The average Bonchev–Trinajstić information content (AvgIpc) is 2.40. The highest BCUT2D eigenvalue weighted by Gasteiger charge is 2.13. The zero-order valence-corrected chi connectivity index (χ0v) is 12.0. The summed E-state index contributed by atoms with van der Waals surface area (Å²) in [5.74, 6) is 0.454. The molecule has 0 bridgehead atoms. The van der Waals surface area contributed by atoms with Crippen molar-refractivity contribution in [2.45, 2.75) is 18.2 Å². The zero-order valence-electron chi connectivity index (χ0n) is 11.2. The van der Waals surface area contributed by atoms with Gasteiger partial charge in [0.05, 0.1) is 17.2 Å². The molecule has 1 aromatic rings. The van der Waals surface area contributed by atoms with Crippen molar-refractivity contribution < 1.29 is 17.9 Å². The van der Waals surface area contributed by atoms with Crippen molar-refractivity contribution in [3.8, 4) is 5.75 Å². The van der Waals surface area contributed by atoms with E-state index in [2.05, 4.69) is 4.72 Å². The third kappa shape index (κ3) is 4.70. The van der Waals surface area contributed by atoms with E-state index >= 15 is 0 Å². The Morgan fingerprint density at radius 2 is 2.00 bits per heavy atom. The largest absolute Gasteiger partial charge is 0.489 e. The highest BCUT2D eigenvalue weighted by molar-refractivity contribution is 7.89. The first kappa shape index (κ1) is 15.7. The van der Waals surface area contributed by atoms with Crippen LogP contribution < -0.4 is 15.2 Å². The molecule has 0 atom stereocenters. The molecule has 0 heterocycles. The van der Waals surface area contributed by atoms with Gasteiger partial charge < -0.3 is 15.2 Å². The summed E-state index contributed by atoms with van der Waals surface area (Å²) in [6.07, 6.45) is 0.957. The van der Waals surface area contributed by atoms with Crippen LogP contribution in [0.15, 0.2) is 23.1 Å². The van der Waals surface area contributed by atoms with E-state index in [1.807, 2.05) is 6.92 Å². The first-order valence-electron chi connectivity index (χ1n) is 6.05. The van der Waals surface area contributed by atoms with Gasteiger partial charge in [0.1, 0.15) is 12.4 Å². The number of sulfonamides is 1. The van der Waals surface area contributed by atoms with Crippen molar-refractivity contribution in [1.29, 1.82) is 0 Å². The number of rotatable bonds is 8. The molecular formula is C12H20N2O4S. The minimum atomic E-state index is -3.48. The summed E-state index contributed by atoms with van der Waals surface area (Å²) in [5, 5.41) is 0. The number of nitrogens with one attached hydrogen (secondary N) is 1. The minimum absolute atomic E-state index is 0.113. The lowest BCUT2D eigenvalue weighted by Gasteiger charge is -2.10. The van der Waals surface area contributed by atoms with Crippen LogP contribution in [0.5, 0.6) is 5.75 Å². The van der Waals surface area contributed by atoms with Crippen LogP contribution in [0.3, 0.4) is 0 Å². The van der Waals surface area contributed by atoms with Crippen molar-refractivity contribution >= 4 is 15.7 Å². The Morgan fingerprint density at radius 3 is 2.58 bits per heavy atom. The smallest absolute Gasteiger partial charge is 0.240 e. The Kier molecular flexibility index (Phi) is 6.07. The van der Waals surface area contributed by atoms with Gasteiger partial charge in [-0.3, -0.25) is 0 Å². The Labute approximate surface area is 113 Å². The SMILES string of the molecule is CCCOCCOc1ccc(S(=O)(=O)NC)cc1N. The first-order chi connectivity index (χ1) is 9.01. The Balaban J connectivity index is 2.63. The van der Waals surface area contributed by atoms with Gasteiger partial charge in [0, 0.05) is 6.61 Å². The number of benzene rings is 1. The molecule has 0 saturated carbocycles. The van der Waals surface area contributed by atoms with Crippen LogP contribution in [-0.4, -0.2) is 35.3 Å². The molecule has 0 saturated heterocycles. The predicted molar refractivity (Wildman–Crippen MR) is 73.7 cm³/mol. The standard InChI is InChI=1S/C12H20N2O4S/c1-3-6-17-7-8-18-12-5-4-10(9-11(12)13)19(15,16)14-2/h4-5,9,14H,3,6-8,13H2,1-2H3. The van der Waals surface area contributed by atoms with E-state index < -0.39 is 10.0 Å². The molecule has 0 radical (unpaired) electrons. The van der Waals surface area contributed by atoms with E-state index in [0.717, 1.165) is 6.42 Å². The van der Waals surface area contributed by atoms with Gasteiger partial charge in [0.15, 0.2) is 0 Å². The molecule has 0 spiro atoms. The van der Waals surface area contributed by atoms with E-state index in [9.17, 15) is 8.42 Å². The molecule has 1 aromatic carbocycles. The normalized spacial score (nSPS) is 11.5. The fourth-order valence-corrected chi connectivity index (χ4v) is 2.16. The van der Waals surface area contributed by atoms with Crippen molar-refractivity contribution in [3.63, 3.8) is 0 Å². The summed E-state index contributed by atoms with van der Waals surface area (Å²) >= 11 is 0. The zero-order chi connectivity index (χ0) is 14.3. The van der Waals surface area contributed by atoms with E-state index in [1.165, 1.54) is 19.2 Å². The van der Waals surface area contributed by atoms with Crippen LogP contribution in [0.4, 0.5) is 5.69 Å². The van der Waals surface area contributed by atoms with E-state index in [4.69, 9.17) is 15.2 Å². The average molecular weight is 288 g/mol. The van der Waals surface area contributed by atoms with E-state index in [0.29, 0.717) is 25.6 Å². The second-order valence-electron chi connectivity index (χ2n) is 3.87. The van der Waals surface area contributed by atoms with E-state index in [-0.39, 0.29) is 10.6 Å². The summed E-state index contributed by atoms with van der Waals surface area (Å²) in [6.45, 7) is 3.57. The predicted octanol–water partition coefficient (Wildman–Crippen LogP) is 0.982. The topological polar surface area (TPSA) is 90.6 Å². The third-order valence-corrected chi connectivity index (χ3v) is 3.81. The van der Waals surface area contributed by atoms with Gasteiger partial charge in [0.25, 0.3) is 0 Å². The highest BCUT2D eigenvalue weighted by atomic mass is 32.2. The number of ether oxygens (including phenoxy) is 2. The monoisotopic (exact) mass is 288 g/mol. The third-order valence-electron chi connectivity index (χ3n) is 2.39. The van der Waals surface area contributed by atoms with Crippen molar-refractivity contribution in [1.82, 2.24) is 4.72 Å². The molecule has 0 unspecified atom stereocenters. The summed E-state index contributed by atoms with van der Waals surface area (Å²) in [5.41, 5.74) is 6.04. The molecule has 3 N–H and O–H groups in total. The Bertz CT molecular complexity index is 502. The van der Waals surface area contributed by atoms with Crippen LogP contribution in [0, 0.1) is 0 Å². The number of nitrogen functional groups attached to an aromatic ring is 1. The second-order valence-corrected chi connectivity index (χ2v) is 5.75. The minimum Gasteiger partial charge on any atom is -0.489 e. The number of nitrogens with two attached hydrogens (primary N) is 1. The molecule has 108 valence electrons. The first-order valence-corrected chi connectivity index (χ1v) is 7.53. The molecule has 0 amide bonds. The maximum atomic E-state index is 11.6. The summed E-state index contributed by atoms with van der Waals surface area (Å²) in [4.78, 5) is 0.113. The molecular weight excluding hydrogens is 268 g/mol. The van der Waals surface area contributed by atoms with Crippen LogP contribution in [0.25, 0.3) is 0 Å². The molecule has 0 fully saturated rings. The van der Waals surface area contributed by atoms with Gasteiger partial charge in [-0.25, -0.2) is 13.1 Å². The molecule has 0 aliphatic heterocycles. The molecule has 6 nitrogen and oxygen atoms in total. The molecule has 0 aliphatic carbocycles. The van der Waals surface area contributed by atoms with Gasteiger partial charge in [-0.1, -0.05) is 6.92 Å². The Hall–Kier alpha value is -1.31. The van der Waals surface area contributed by atoms with E-state index in [1.54, 1.807) is 6.07 Å². The van der Waals surface area contributed by atoms with Gasteiger partial charge in [-0.05, 0) is 31.7 Å². The van der Waals surface area contributed by atoms with Crippen molar-refractivity contribution in [2.75, 3.05) is 32.6 Å². The quantitative estimate of drug-likeness (QED) is 0.550. The number of anilines is 1. The maximum absolute atomic E-state index is 11.6. The van der Waals surface area contributed by atoms with Gasteiger partial charge in [0.2, 0.25) is 10.0 Å². The fraction of sp³-hybridized carbons (Fsp3) is 0.500. The molecule has 0 aromatic heterocycles. The van der Waals surface area contributed by atoms with Crippen LogP contribution in [-0.2, 0) is 14.8 Å². The summed E-state index contributed by atoms with van der Waals surface area (Å²) in [6, 6.07) is 4.36. The number of hydrogen-bond donors (Lipinski definition) is 2. The van der Waals surface area contributed by atoms with Crippen molar-refractivity contribution in [2.24, 2.45) is 0 Å². The fourth-order valence-electron chi connectivity index (χ4n) is 1.40. The maximum Gasteiger partial charge on any atom is 0.240 e.